The first-order valence-electron chi connectivity index (χ1n) is 9.54. The highest BCUT2D eigenvalue weighted by molar-refractivity contribution is 5.91. The van der Waals surface area contributed by atoms with Crippen LogP contribution in [0.2, 0.25) is 0 Å². The monoisotopic (exact) mass is 390 g/mol. The van der Waals surface area contributed by atoms with E-state index in [4.69, 9.17) is 10.5 Å². The van der Waals surface area contributed by atoms with Gasteiger partial charge < -0.3 is 20.1 Å². The molecule has 28 heavy (non-hydrogen) atoms. The second-order valence-electron chi connectivity index (χ2n) is 8.30. The number of aromatic nitrogens is 4. The first kappa shape index (κ1) is 19.0. The van der Waals surface area contributed by atoms with Gasteiger partial charge in [-0.05, 0) is 13.3 Å². The van der Waals surface area contributed by atoms with Crippen molar-refractivity contribution >= 4 is 23.0 Å². The van der Waals surface area contributed by atoms with Crippen LogP contribution < -0.4 is 16.6 Å². The molecule has 4 rings (SSSR count). The van der Waals surface area contributed by atoms with E-state index in [0.717, 1.165) is 0 Å². The number of anilines is 1. The van der Waals surface area contributed by atoms with Crippen LogP contribution in [0, 0.1) is 5.92 Å². The van der Waals surface area contributed by atoms with E-state index < -0.39 is 28.9 Å². The van der Waals surface area contributed by atoms with E-state index in [0.29, 0.717) is 18.5 Å². The zero-order valence-electron chi connectivity index (χ0n) is 16.4. The normalized spacial score (nSPS) is 34.5. The molecule has 10 nitrogen and oxygen atoms in total. The highest BCUT2D eigenvalue weighted by Gasteiger charge is 2.71. The van der Waals surface area contributed by atoms with Gasteiger partial charge in [0, 0.05) is 12.3 Å². The Bertz CT molecular complexity index is 1000. The van der Waals surface area contributed by atoms with E-state index in [1.165, 1.54) is 6.33 Å². The molecule has 152 valence electrons. The van der Waals surface area contributed by atoms with E-state index >= 15 is 0 Å². The van der Waals surface area contributed by atoms with Crippen LogP contribution in [-0.4, -0.2) is 53.9 Å². The van der Waals surface area contributed by atoms with E-state index in [1.54, 1.807) is 18.4 Å². The van der Waals surface area contributed by atoms with Crippen molar-refractivity contribution in [3.05, 3.63) is 16.7 Å². The summed E-state index contributed by atoms with van der Waals surface area (Å²) in [7, 11) is 0. The summed E-state index contributed by atoms with van der Waals surface area (Å²) in [6.07, 6.45) is 1.91. The molecular formula is C18H26N6O4. The Hall–Kier alpha value is -2.30. The molecule has 2 fully saturated rings. The number of nitrogens with one attached hydrogen (secondary N) is 2. The van der Waals surface area contributed by atoms with Crippen molar-refractivity contribution in [2.45, 2.75) is 69.9 Å². The second-order valence-corrected chi connectivity index (χ2v) is 8.30. The Balaban J connectivity index is 1.70. The number of carbonyl (C=O) groups is 1. The molecule has 0 radical (unpaired) electrons. The summed E-state index contributed by atoms with van der Waals surface area (Å²) in [5, 5.41) is 13.4. The first-order chi connectivity index (χ1) is 13.1. The predicted octanol–water partition coefficient (Wildman–Crippen LogP) is 0.285. The number of aliphatic hydroxyl groups excluding tert-OH is 1. The summed E-state index contributed by atoms with van der Waals surface area (Å²) < 4.78 is 7.98. The molecule has 5 atom stereocenters. The predicted molar refractivity (Wildman–Crippen MR) is 102 cm³/mol. The topological polar surface area (TPSA) is 148 Å². The number of hydrogen-bond acceptors (Lipinski definition) is 7. The molecule has 2 aromatic rings. The maximum Gasteiger partial charge on any atom is 0.280 e. The molecule has 1 amide bonds. The number of aliphatic hydroxyl groups is 1. The average molecular weight is 390 g/mol. The molecule has 0 bridgehead atoms. The average Bonchev–Trinajstić information content (AvgIpc) is 3.12. The summed E-state index contributed by atoms with van der Waals surface area (Å²) in [5.41, 5.74) is 4.84. The van der Waals surface area contributed by atoms with Gasteiger partial charge in [0.2, 0.25) is 11.9 Å². The summed E-state index contributed by atoms with van der Waals surface area (Å²) in [5.74, 6) is -0.445. The Kier molecular flexibility index (Phi) is 4.15. The van der Waals surface area contributed by atoms with Crippen molar-refractivity contribution < 1.29 is 14.6 Å². The standard InChI is InChI=1S/C18H26N6O4/c1-5-17(4)11(19)12(25)18(28-17)6-9(18)24-7-20-10-13(24)21-16(23-15(10)27)22-14(26)8(2)3/h7-9,11-12,25H,5-6,19H2,1-4H3,(H2,21,22,23,26,27)/t9?,11-,12+,17?,18?/m0/s1. The number of nitrogens with zero attached hydrogens (tertiary/aromatic N) is 3. The summed E-state index contributed by atoms with van der Waals surface area (Å²) in [6, 6.07) is -0.746. The third-order valence-electron chi connectivity index (χ3n) is 6.12. The van der Waals surface area contributed by atoms with Gasteiger partial charge in [0.15, 0.2) is 11.2 Å². The molecule has 10 heteroatoms. The molecular weight excluding hydrogens is 364 g/mol. The number of aromatic amines is 1. The van der Waals surface area contributed by atoms with Crippen LogP contribution in [0.4, 0.5) is 5.95 Å². The van der Waals surface area contributed by atoms with Gasteiger partial charge >= 0.3 is 0 Å². The molecule has 1 spiro atoms. The van der Waals surface area contributed by atoms with Gasteiger partial charge in [-0.1, -0.05) is 20.8 Å². The van der Waals surface area contributed by atoms with Crippen LogP contribution in [0.3, 0.4) is 0 Å². The lowest BCUT2D eigenvalue weighted by atomic mass is 9.91. The molecule has 2 aliphatic rings. The quantitative estimate of drug-likeness (QED) is 0.586. The fourth-order valence-electron chi connectivity index (χ4n) is 3.99. The number of rotatable bonds is 4. The second kappa shape index (κ2) is 6.10. The summed E-state index contributed by atoms with van der Waals surface area (Å²) >= 11 is 0. The van der Waals surface area contributed by atoms with E-state index in [1.807, 2.05) is 13.8 Å². The molecule has 3 unspecified atom stereocenters. The lowest BCUT2D eigenvalue weighted by Gasteiger charge is -2.26. The molecule has 1 aliphatic heterocycles. The maximum absolute atomic E-state index is 12.4. The third kappa shape index (κ3) is 2.59. The largest absolute Gasteiger partial charge is 0.388 e. The van der Waals surface area contributed by atoms with Crippen LogP contribution in [0.1, 0.15) is 46.6 Å². The maximum atomic E-state index is 12.4. The highest BCUT2D eigenvalue weighted by Crippen LogP contribution is 2.61. The smallest absolute Gasteiger partial charge is 0.280 e. The minimum atomic E-state index is -0.831. The van der Waals surface area contributed by atoms with Gasteiger partial charge in [0.05, 0.1) is 24.0 Å². The zero-order chi connectivity index (χ0) is 20.4. The van der Waals surface area contributed by atoms with Gasteiger partial charge in [-0.15, -0.1) is 0 Å². The molecule has 0 aromatic carbocycles. The lowest BCUT2D eigenvalue weighted by Crippen LogP contribution is -2.47. The molecule has 1 saturated carbocycles. The van der Waals surface area contributed by atoms with Gasteiger partial charge in [-0.2, -0.15) is 4.98 Å². The number of ether oxygens (including phenoxy) is 1. The zero-order valence-corrected chi connectivity index (χ0v) is 16.4. The van der Waals surface area contributed by atoms with Gasteiger partial charge in [-0.3, -0.25) is 19.9 Å². The summed E-state index contributed by atoms with van der Waals surface area (Å²) in [4.78, 5) is 35.4. The Morgan fingerprint density at radius 2 is 2.29 bits per heavy atom. The SMILES string of the molecule is CCC1(C)OC2(CC2n2cnc3c(=O)[nH]c(NC(=O)C(C)C)nc32)[C@H](O)[C@@H]1N. The molecule has 1 saturated heterocycles. The van der Waals surface area contributed by atoms with Gasteiger partial charge in [-0.25, -0.2) is 4.98 Å². The lowest BCUT2D eigenvalue weighted by molar-refractivity contribution is -0.118. The Morgan fingerprint density at radius 1 is 1.57 bits per heavy atom. The van der Waals surface area contributed by atoms with Gasteiger partial charge in [0.1, 0.15) is 11.7 Å². The van der Waals surface area contributed by atoms with Gasteiger partial charge in [0.25, 0.3) is 5.56 Å². The van der Waals surface area contributed by atoms with E-state index in [-0.39, 0.29) is 29.3 Å². The number of carbonyl (C=O) groups excluding carboxylic acids is 1. The van der Waals surface area contributed by atoms with Crippen molar-refractivity contribution in [1.29, 1.82) is 0 Å². The van der Waals surface area contributed by atoms with Crippen LogP contribution in [0.25, 0.3) is 11.2 Å². The Labute approximate surface area is 161 Å². The van der Waals surface area contributed by atoms with Crippen LogP contribution in [-0.2, 0) is 9.53 Å². The summed E-state index contributed by atoms with van der Waals surface area (Å²) in [6.45, 7) is 7.37. The van der Waals surface area contributed by atoms with E-state index in [2.05, 4.69) is 20.3 Å². The van der Waals surface area contributed by atoms with Crippen molar-refractivity contribution in [2.75, 3.05) is 5.32 Å². The molecule has 2 aromatic heterocycles. The minimum absolute atomic E-state index is 0.0654. The fraction of sp³-hybridized carbons (Fsp3) is 0.667. The van der Waals surface area contributed by atoms with Crippen molar-refractivity contribution in [3.63, 3.8) is 0 Å². The molecule has 3 heterocycles. The van der Waals surface area contributed by atoms with Crippen LogP contribution in [0.5, 0.6) is 0 Å². The third-order valence-corrected chi connectivity index (χ3v) is 6.12. The molecule has 1 aliphatic carbocycles. The number of H-pyrrole nitrogens is 1. The number of hydrogen-bond donors (Lipinski definition) is 4. The number of imidazole rings is 1. The van der Waals surface area contributed by atoms with Crippen molar-refractivity contribution in [2.24, 2.45) is 11.7 Å². The number of nitrogens with two attached hydrogens (primary N) is 1. The first-order valence-corrected chi connectivity index (χ1v) is 9.54. The van der Waals surface area contributed by atoms with Crippen molar-refractivity contribution in [1.82, 2.24) is 19.5 Å². The Morgan fingerprint density at radius 3 is 2.89 bits per heavy atom. The number of amides is 1. The molecule has 5 N–H and O–H groups in total. The van der Waals surface area contributed by atoms with Crippen LogP contribution in [0.15, 0.2) is 11.1 Å². The minimum Gasteiger partial charge on any atom is -0.388 e. The highest BCUT2D eigenvalue weighted by atomic mass is 16.6. The fourth-order valence-corrected chi connectivity index (χ4v) is 3.99. The van der Waals surface area contributed by atoms with Crippen LogP contribution >= 0.6 is 0 Å². The number of fused-ring (bicyclic) bond motifs is 1. The van der Waals surface area contributed by atoms with E-state index in [9.17, 15) is 14.7 Å². The van der Waals surface area contributed by atoms with Crippen molar-refractivity contribution in [3.8, 4) is 0 Å².